The zero-order chi connectivity index (χ0) is 8.60. The molecule has 0 aliphatic carbocycles. The van der Waals surface area contributed by atoms with Crippen molar-refractivity contribution in [1.29, 1.82) is 0 Å². The summed E-state index contributed by atoms with van der Waals surface area (Å²) < 4.78 is 5.15. The van der Waals surface area contributed by atoms with E-state index in [0.29, 0.717) is 32.5 Å². The highest BCUT2D eigenvalue weighted by Crippen LogP contribution is 2.37. The quantitative estimate of drug-likeness (QED) is 0.512. The molecule has 0 radical (unpaired) electrons. The van der Waals surface area contributed by atoms with Gasteiger partial charge in [-0.2, -0.15) is 0 Å². The Morgan fingerprint density at radius 3 is 2.42 bits per heavy atom. The molecule has 0 aromatic rings. The summed E-state index contributed by atoms with van der Waals surface area (Å²) in [5, 5.41) is 2.34. The molecule has 2 amide bonds. The fourth-order valence-corrected chi connectivity index (χ4v) is 1.86. The number of nitrogens with one attached hydrogen (secondary N) is 1. The van der Waals surface area contributed by atoms with Crippen LogP contribution in [0.25, 0.3) is 0 Å². The monoisotopic (exact) mass is 169 g/mol. The van der Waals surface area contributed by atoms with Gasteiger partial charge in [-0.05, 0) is 12.8 Å². The Morgan fingerprint density at radius 2 is 1.92 bits per heavy atom. The van der Waals surface area contributed by atoms with Gasteiger partial charge in [0.25, 0.3) is 0 Å². The van der Waals surface area contributed by atoms with Crippen LogP contribution in [-0.4, -0.2) is 25.0 Å². The molecule has 0 aromatic heterocycles. The van der Waals surface area contributed by atoms with Crippen LogP contribution in [0.1, 0.15) is 19.3 Å². The van der Waals surface area contributed by atoms with Crippen molar-refractivity contribution >= 4 is 11.8 Å². The lowest BCUT2D eigenvalue weighted by molar-refractivity contribution is -0.132. The van der Waals surface area contributed by atoms with E-state index >= 15 is 0 Å². The third kappa shape index (κ3) is 1.03. The molecule has 1 spiro atoms. The normalized spacial score (nSPS) is 27.7. The van der Waals surface area contributed by atoms with E-state index in [2.05, 4.69) is 5.32 Å². The van der Waals surface area contributed by atoms with Crippen molar-refractivity contribution in [2.45, 2.75) is 19.3 Å². The largest absolute Gasteiger partial charge is 0.381 e. The SMILES string of the molecule is O=C1CC2(CCOCC2)C(=O)N1. The number of hydrogen-bond donors (Lipinski definition) is 1. The lowest BCUT2D eigenvalue weighted by Crippen LogP contribution is -2.36. The fraction of sp³-hybridized carbons (Fsp3) is 0.750. The molecule has 66 valence electrons. The molecule has 2 saturated heterocycles. The minimum absolute atomic E-state index is 0.101. The Bertz CT molecular complexity index is 230. The number of rotatable bonds is 0. The highest BCUT2D eigenvalue weighted by molar-refractivity contribution is 6.05. The summed E-state index contributed by atoms with van der Waals surface area (Å²) in [6.07, 6.45) is 1.73. The average Bonchev–Trinajstić information content (AvgIpc) is 2.29. The van der Waals surface area contributed by atoms with Crippen LogP contribution in [0, 0.1) is 5.41 Å². The van der Waals surface area contributed by atoms with Crippen LogP contribution < -0.4 is 5.32 Å². The van der Waals surface area contributed by atoms with Crippen molar-refractivity contribution in [2.24, 2.45) is 5.41 Å². The Kier molecular flexibility index (Phi) is 1.65. The highest BCUT2D eigenvalue weighted by Gasteiger charge is 2.47. The number of imide groups is 1. The molecule has 0 atom stereocenters. The molecular weight excluding hydrogens is 158 g/mol. The third-order valence-electron chi connectivity index (χ3n) is 2.68. The van der Waals surface area contributed by atoms with Crippen LogP contribution in [0.5, 0.6) is 0 Å². The number of ether oxygens (including phenoxy) is 1. The summed E-state index contributed by atoms with van der Waals surface area (Å²) in [4.78, 5) is 22.3. The van der Waals surface area contributed by atoms with E-state index in [1.165, 1.54) is 0 Å². The standard InChI is InChI=1S/C8H11NO3/c10-6-5-8(7(11)9-6)1-3-12-4-2-8/h1-5H2,(H,9,10,11). The predicted molar refractivity (Wildman–Crippen MR) is 40.3 cm³/mol. The van der Waals surface area contributed by atoms with Crippen LogP contribution in [0.15, 0.2) is 0 Å². The summed E-state index contributed by atoms with van der Waals surface area (Å²) in [5.74, 6) is -0.238. The van der Waals surface area contributed by atoms with E-state index in [0.717, 1.165) is 0 Å². The summed E-state index contributed by atoms with van der Waals surface area (Å²) >= 11 is 0. The minimum atomic E-state index is -0.421. The molecule has 0 aromatic carbocycles. The second kappa shape index (κ2) is 2.55. The first kappa shape index (κ1) is 7.73. The maximum absolute atomic E-state index is 11.4. The van der Waals surface area contributed by atoms with E-state index in [1.807, 2.05) is 0 Å². The van der Waals surface area contributed by atoms with Gasteiger partial charge in [0, 0.05) is 19.6 Å². The average molecular weight is 169 g/mol. The van der Waals surface area contributed by atoms with Crippen molar-refractivity contribution in [1.82, 2.24) is 5.32 Å². The summed E-state index contributed by atoms with van der Waals surface area (Å²) in [5.41, 5.74) is -0.421. The van der Waals surface area contributed by atoms with Crippen LogP contribution in [0.2, 0.25) is 0 Å². The highest BCUT2D eigenvalue weighted by atomic mass is 16.5. The van der Waals surface area contributed by atoms with Gasteiger partial charge >= 0.3 is 0 Å². The molecule has 0 saturated carbocycles. The van der Waals surface area contributed by atoms with Gasteiger partial charge in [-0.3, -0.25) is 14.9 Å². The first-order chi connectivity index (χ1) is 5.73. The molecule has 1 N–H and O–H groups in total. The zero-order valence-electron chi connectivity index (χ0n) is 6.76. The van der Waals surface area contributed by atoms with Crippen LogP contribution in [0.3, 0.4) is 0 Å². The maximum atomic E-state index is 11.4. The number of carbonyl (C=O) groups excluding carboxylic acids is 2. The Hall–Kier alpha value is -0.900. The molecule has 4 heteroatoms. The van der Waals surface area contributed by atoms with E-state index in [9.17, 15) is 9.59 Å². The molecule has 2 fully saturated rings. The van der Waals surface area contributed by atoms with Gasteiger partial charge in [0.15, 0.2) is 0 Å². The van der Waals surface area contributed by atoms with Crippen molar-refractivity contribution < 1.29 is 14.3 Å². The second-order valence-corrected chi connectivity index (χ2v) is 3.45. The second-order valence-electron chi connectivity index (χ2n) is 3.45. The molecule has 4 nitrogen and oxygen atoms in total. The van der Waals surface area contributed by atoms with Gasteiger partial charge in [0.2, 0.25) is 11.8 Å². The lowest BCUT2D eigenvalue weighted by atomic mass is 9.79. The van der Waals surface area contributed by atoms with Gasteiger partial charge < -0.3 is 4.74 Å². The van der Waals surface area contributed by atoms with Crippen LogP contribution >= 0.6 is 0 Å². The summed E-state index contributed by atoms with van der Waals surface area (Å²) in [6, 6.07) is 0. The first-order valence-corrected chi connectivity index (χ1v) is 4.15. The number of hydrogen-bond acceptors (Lipinski definition) is 3. The number of carbonyl (C=O) groups is 2. The molecular formula is C8H11NO3. The maximum Gasteiger partial charge on any atom is 0.233 e. The van der Waals surface area contributed by atoms with Crippen molar-refractivity contribution in [3.05, 3.63) is 0 Å². The summed E-state index contributed by atoms with van der Waals surface area (Å²) in [7, 11) is 0. The van der Waals surface area contributed by atoms with Crippen molar-refractivity contribution in [2.75, 3.05) is 13.2 Å². The molecule has 0 bridgehead atoms. The first-order valence-electron chi connectivity index (χ1n) is 4.15. The molecule has 2 heterocycles. The number of amides is 2. The van der Waals surface area contributed by atoms with Crippen LogP contribution in [0.4, 0.5) is 0 Å². The van der Waals surface area contributed by atoms with E-state index in [1.54, 1.807) is 0 Å². The Labute approximate surface area is 70.3 Å². The van der Waals surface area contributed by atoms with Crippen LogP contribution in [-0.2, 0) is 14.3 Å². The van der Waals surface area contributed by atoms with E-state index < -0.39 is 5.41 Å². The minimum Gasteiger partial charge on any atom is -0.381 e. The summed E-state index contributed by atoms with van der Waals surface area (Å²) in [6.45, 7) is 1.20. The van der Waals surface area contributed by atoms with Gasteiger partial charge in [-0.15, -0.1) is 0 Å². The Morgan fingerprint density at radius 1 is 1.25 bits per heavy atom. The smallest absolute Gasteiger partial charge is 0.233 e. The van der Waals surface area contributed by atoms with Gasteiger partial charge in [0.05, 0.1) is 5.41 Å². The van der Waals surface area contributed by atoms with E-state index in [4.69, 9.17) is 4.74 Å². The fourth-order valence-electron chi connectivity index (χ4n) is 1.86. The zero-order valence-corrected chi connectivity index (χ0v) is 6.76. The van der Waals surface area contributed by atoms with Crippen molar-refractivity contribution in [3.8, 4) is 0 Å². The molecule has 2 aliphatic rings. The van der Waals surface area contributed by atoms with E-state index in [-0.39, 0.29) is 11.8 Å². The Balaban J connectivity index is 2.18. The van der Waals surface area contributed by atoms with Gasteiger partial charge in [0.1, 0.15) is 0 Å². The molecule has 12 heavy (non-hydrogen) atoms. The topological polar surface area (TPSA) is 55.4 Å². The molecule has 2 rings (SSSR count). The third-order valence-corrected chi connectivity index (χ3v) is 2.68. The van der Waals surface area contributed by atoms with Crippen molar-refractivity contribution in [3.63, 3.8) is 0 Å². The lowest BCUT2D eigenvalue weighted by Gasteiger charge is -2.29. The molecule has 0 unspecified atom stereocenters. The van der Waals surface area contributed by atoms with Gasteiger partial charge in [-0.25, -0.2) is 0 Å². The molecule has 2 aliphatic heterocycles. The predicted octanol–water partition coefficient (Wildman–Crippen LogP) is -0.170. The van der Waals surface area contributed by atoms with Gasteiger partial charge in [-0.1, -0.05) is 0 Å².